The van der Waals surface area contributed by atoms with Crippen molar-refractivity contribution in [2.24, 2.45) is 0 Å². The van der Waals surface area contributed by atoms with Crippen LogP contribution in [0.15, 0.2) is 24.3 Å². The van der Waals surface area contributed by atoms with E-state index in [1.54, 1.807) is 11.9 Å². The van der Waals surface area contributed by atoms with Gasteiger partial charge in [0.05, 0.1) is 25.7 Å². The quantitative estimate of drug-likeness (QED) is 0.726. The topological polar surface area (TPSA) is 70.1 Å². The number of unbranched alkanes of at least 4 members (excludes halogenated alkanes) is 1. The highest BCUT2D eigenvalue weighted by Gasteiger charge is 2.25. The Morgan fingerprint density at radius 1 is 1.27 bits per heavy atom. The largest absolute Gasteiger partial charge is 0.480 e. The summed E-state index contributed by atoms with van der Waals surface area (Å²) in [5.74, 6) is -0.765. The summed E-state index contributed by atoms with van der Waals surface area (Å²) in [6.07, 6.45) is 3.70. The highest BCUT2D eigenvalue weighted by molar-refractivity contribution is 5.79. The van der Waals surface area contributed by atoms with E-state index in [0.29, 0.717) is 32.7 Å². The molecule has 1 aromatic carbocycles. The molecule has 1 saturated heterocycles. The summed E-state index contributed by atoms with van der Waals surface area (Å²) < 4.78 is 5.69. The number of morpholine rings is 1. The van der Waals surface area contributed by atoms with Gasteiger partial charge in [-0.15, -0.1) is 0 Å². The molecule has 1 heterocycles. The Kier molecular flexibility index (Phi) is 8.06. The molecule has 2 rings (SSSR count). The number of ether oxygens (including phenoxy) is 1. The third-order valence-electron chi connectivity index (χ3n) is 4.61. The van der Waals surface area contributed by atoms with Gasteiger partial charge in [-0.3, -0.25) is 14.5 Å². The molecule has 1 fully saturated rings. The molecule has 6 nitrogen and oxygen atoms in total. The second-order valence-corrected chi connectivity index (χ2v) is 7.02. The molecule has 1 N–H and O–H groups in total. The van der Waals surface area contributed by atoms with E-state index in [0.717, 1.165) is 12.0 Å². The first-order valence-electron chi connectivity index (χ1n) is 9.35. The van der Waals surface area contributed by atoms with Crippen LogP contribution in [0, 0.1) is 0 Å². The Morgan fingerprint density at radius 3 is 2.62 bits per heavy atom. The van der Waals surface area contributed by atoms with Crippen LogP contribution >= 0.6 is 0 Å². The minimum absolute atomic E-state index is 0.0296. The number of aliphatic carboxylic acids is 1. The Balaban J connectivity index is 1.83. The standard InChI is InChI=1S/C20H30N2O4/c1-3-4-5-16-6-8-17(9-7-16)12-19(23)22-10-11-26-18(14-22)13-21(2)15-20(24)25/h6-9,18H,3-5,10-15H2,1-2H3,(H,24,25). The first kappa shape index (κ1) is 20.4. The molecule has 0 spiro atoms. The third kappa shape index (κ3) is 6.77. The van der Waals surface area contributed by atoms with Crippen LogP contribution in [0.3, 0.4) is 0 Å². The molecule has 1 amide bonds. The number of carboxylic acid groups (broad SMARTS) is 1. The van der Waals surface area contributed by atoms with Crippen LogP contribution in [0.2, 0.25) is 0 Å². The van der Waals surface area contributed by atoms with Gasteiger partial charge in [-0.25, -0.2) is 0 Å². The number of amides is 1. The van der Waals surface area contributed by atoms with Crippen LogP contribution in [0.1, 0.15) is 30.9 Å². The highest BCUT2D eigenvalue weighted by atomic mass is 16.5. The first-order chi connectivity index (χ1) is 12.5. The van der Waals surface area contributed by atoms with Crippen molar-refractivity contribution in [3.63, 3.8) is 0 Å². The molecular formula is C20H30N2O4. The fourth-order valence-electron chi connectivity index (χ4n) is 3.19. The number of hydrogen-bond acceptors (Lipinski definition) is 4. The number of hydrogen-bond donors (Lipinski definition) is 1. The molecule has 0 saturated carbocycles. The van der Waals surface area contributed by atoms with Gasteiger partial charge in [0.25, 0.3) is 0 Å². The summed E-state index contributed by atoms with van der Waals surface area (Å²) >= 11 is 0. The smallest absolute Gasteiger partial charge is 0.317 e. The summed E-state index contributed by atoms with van der Waals surface area (Å²) in [5, 5.41) is 8.84. The fourth-order valence-corrected chi connectivity index (χ4v) is 3.19. The lowest BCUT2D eigenvalue weighted by molar-refractivity contribution is -0.142. The van der Waals surface area contributed by atoms with Crippen LogP contribution in [0.4, 0.5) is 0 Å². The summed E-state index contributed by atoms with van der Waals surface area (Å²) in [5.41, 5.74) is 2.34. The van der Waals surface area contributed by atoms with Crippen molar-refractivity contribution in [2.45, 2.75) is 38.7 Å². The van der Waals surface area contributed by atoms with Crippen molar-refractivity contribution in [1.82, 2.24) is 9.80 Å². The number of aryl methyl sites for hydroxylation is 1. The lowest BCUT2D eigenvalue weighted by atomic mass is 10.0. The highest BCUT2D eigenvalue weighted by Crippen LogP contribution is 2.12. The monoisotopic (exact) mass is 362 g/mol. The molecule has 0 aliphatic carbocycles. The predicted molar refractivity (Wildman–Crippen MR) is 100 cm³/mol. The van der Waals surface area contributed by atoms with E-state index in [9.17, 15) is 9.59 Å². The minimum atomic E-state index is -0.862. The van der Waals surface area contributed by atoms with Crippen molar-refractivity contribution in [3.05, 3.63) is 35.4 Å². The molecule has 0 bridgehead atoms. The number of nitrogens with zero attached hydrogens (tertiary/aromatic N) is 2. The van der Waals surface area contributed by atoms with Crippen LogP contribution in [0.5, 0.6) is 0 Å². The maximum Gasteiger partial charge on any atom is 0.317 e. The number of carbonyl (C=O) groups excluding carboxylic acids is 1. The summed E-state index contributed by atoms with van der Waals surface area (Å²) in [7, 11) is 1.75. The van der Waals surface area contributed by atoms with Crippen LogP contribution in [-0.2, 0) is 27.2 Å². The molecular weight excluding hydrogens is 332 g/mol. The average molecular weight is 362 g/mol. The molecule has 1 aliphatic heterocycles. The molecule has 6 heteroatoms. The Bertz CT molecular complexity index is 588. The lowest BCUT2D eigenvalue weighted by Crippen LogP contribution is -2.50. The summed E-state index contributed by atoms with van der Waals surface area (Å²) in [4.78, 5) is 26.9. The van der Waals surface area contributed by atoms with E-state index in [1.807, 2.05) is 17.0 Å². The molecule has 1 unspecified atom stereocenters. The Hall–Kier alpha value is -1.92. The minimum Gasteiger partial charge on any atom is -0.480 e. The zero-order valence-electron chi connectivity index (χ0n) is 15.8. The molecule has 1 aliphatic rings. The normalized spacial score (nSPS) is 17.5. The first-order valence-corrected chi connectivity index (χ1v) is 9.35. The number of rotatable bonds is 9. The zero-order valence-corrected chi connectivity index (χ0v) is 15.8. The van der Waals surface area contributed by atoms with Gasteiger partial charge >= 0.3 is 5.97 Å². The maximum absolute atomic E-state index is 12.6. The van der Waals surface area contributed by atoms with Gasteiger partial charge in [-0.2, -0.15) is 0 Å². The molecule has 1 atom stereocenters. The van der Waals surface area contributed by atoms with Crippen LogP contribution in [-0.4, -0.2) is 72.7 Å². The fraction of sp³-hybridized carbons (Fsp3) is 0.600. The molecule has 0 radical (unpaired) electrons. The van der Waals surface area contributed by atoms with E-state index in [1.165, 1.54) is 18.4 Å². The van der Waals surface area contributed by atoms with Crippen molar-refractivity contribution in [1.29, 1.82) is 0 Å². The van der Waals surface area contributed by atoms with E-state index < -0.39 is 5.97 Å². The molecule has 1 aromatic rings. The number of carbonyl (C=O) groups is 2. The van der Waals surface area contributed by atoms with Gasteiger partial charge in [0.1, 0.15) is 0 Å². The van der Waals surface area contributed by atoms with Gasteiger partial charge in [-0.05, 0) is 31.0 Å². The zero-order chi connectivity index (χ0) is 18.9. The van der Waals surface area contributed by atoms with Gasteiger partial charge in [0.15, 0.2) is 0 Å². The molecule has 0 aromatic heterocycles. The predicted octanol–water partition coefficient (Wildman–Crippen LogP) is 1.82. The SMILES string of the molecule is CCCCc1ccc(CC(=O)N2CCOC(CN(C)CC(=O)O)C2)cc1. The second-order valence-electron chi connectivity index (χ2n) is 7.02. The maximum atomic E-state index is 12.6. The number of carboxylic acids is 1. The summed E-state index contributed by atoms with van der Waals surface area (Å²) in [6, 6.07) is 8.31. The van der Waals surface area contributed by atoms with Gasteiger partial charge < -0.3 is 14.7 Å². The Morgan fingerprint density at radius 2 is 1.96 bits per heavy atom. The average Bonchev–Trinajstić information content (AvgIpc) is 2.60. The van der Waals surface area contributed by atoms with Crippen molar-refractivity contribution in [2.75, 3.05) is 39.8 Å². The molecule has 144 valence electrons. The second kappa shape index (κ2) is 10.3. The van der Waals surface area contributed by atoms with E-state index in [2.05, 4.69) is 19.1 Å². The number of benzene rings is 1. The Labute approximate surface area is 155 Å². The van der Waals surface area contributed by atoms with E-state index in [-0.39, 0.29) is 18.6 Å². The van der Waals surface area contributed by atoms with Gasteiger partial charge in [-0.1, -0.05) is 37.6 Å². The van der Waals surface area contributed by atoms with Gasteiger partial charge in [0, 0.05) is 19.6 Å². The van der Waals surface area contributed by atoms with Crippen molar-refractivity contribution >= 4 is 11.9 Å². The lowest BCUT2D eigenvalue weighted by Gasteiger charge is -2.34. The van der Waals surface area contributed by atoms with Crippen LogP contribution < -0.4 is 0 Å². The van der Waals surface area contributed by atoms with Crippen LogP contribution in [0.25, 0.3) is 0 Å². The van der Waals surface area contributed by atoms with Crippen molar-refractivity contribution < 1.29 is 19.4 Å². The summed E-state index contributed by atoms with van der Waals surface area (Å²) in [6.45, 7) is 4.25. The van der Waals surface area contributed by atoms with E-state index in [4.69, 9.17) is 9.84 Å². The van der Waals surface area contributed by atoms with Crippen molar-refractivity contribution in [3.8, 4) is 0 Å². The molecule has 26 heavy (non-hydrogen) atoms. The number of likely N-dealkylation sites (N-methyl/N-ethyl adjacent to an activating group) is 1. The van der Waals surface area contributed by atoms with E-state index >= 15 is 0 Å². The third-order valence-corrected chi connectivity index (χ3v) is 4.61. The van der Waals surface area contributed by atoms with Gasteiger partial charge in [0.2, 0.25) is 5.91 Å².